The summed E-state index contributed by atoms with van der Waals surface area (Å²) < 4.78 is 10.8. The minimum absolute atomic E-state index is 0.0298. The van der Waals surface area contributed by atoms with Gasteiger partial charge < -0.3 is 24.7 Å². The molecule has 0 spiro atoms. The number of hydrogen-bond donors (Lipinski definition) is 2. The van der Waals surface area contributed by atoms with Gasteiger partial charge in [0.25, 0.3) is 0 Å². The monoisotopic (exact) mass is 325 g/mol. The minimum Gasteiger partial charge on any atom is -0.443 e. The highest BCUT2D eigenvalue weighted by Gasteiger charge is 2.19. The summed E-state index contributed by atoms with van der Waals surface area (Å²) in [6.45, 7) is 10.2. The van der Waals surface area contributed by atoms with Crippen LogP contribution in [0.4, 0.5) is 0 Å². The van der Waals surface area contributed by atoms with Gasteiger partial charge in [-0.1, -0.05) is 20.8 Å². The third kappa shape index (κ3) is 7.47. The smallest absolute Gasteiger partial charge is 0.213 e. The maximum Gasteiger partial charge on any atom is 0.213 e. The normalized spacial score (nSPS) is 12.7. The van der Waals surface area contributed by atoms with Crippen LogP contribution in [-0.2, 0) is 16.7 Å². The summed E-state index contributed by atoms with van der Waals surface area (Å²) >= 11 is 0. The lowest BCUT2D eigenvalue weighted by Crippen LogP contribution is -2.41. The number of oxazole rings is 1. The van der Waals surface area contributed by atoms with E-state index in [1.807, 2.05) is 0 Å². The first-order valence-corrected chi connectivity index (χ1v) is 7.94. The fourth-order valence-electron chi connectivity index (χ4n) is 1.84. The molecule has 0 radical (unpaired) electrons. The minimum atomic E-state index is -0.0298. The van der Waals surface area contributed by atoms with Gasteiger partial charge in [0.15, 0.2) is 5.96 Å². The summed E-state index contributed by atoms with van der Waals surface area (Å²) in [6.07, 6.45) is 1.79. The number of aliphatic imine (C=N–C) groups is 1. The molecule has 1 rings (SSSR count). The molecule has 0 saturated carbocycles. The van der Waals surface area contributed by atoms with Crippen LogP contribution in [0.1, 0.15) is 32.4 Å². The van der Waals surface area contributed by atoms with E-state index in [4.69, 9.17) is 9.15 Å². The van der Waals surface area contributed by atoms with E-state index in [0.29, 0.717) is 12.4 Å². The number of nitrogens with zero attached hydrogens (tertiary/aromatic N) is 3. The van der Waals surface area contributed by atoms with Gasteiger partial charge in [0.2, 0.25) is 5.89 Å². The first kappa shape index (κ1) is 19.4. The highest BCUT2D eigenvalue weighted by Crippen LogP contribution is 2.22. The highest BCUT2D eigenvalue weighted by atomic mass is 16.5. The van der Waals surface area contributed by atoms with Crippen molar-refractivity contribution in [1.82, 2.24) is 20.5 Å². The van der Waals surface area contributed by atoms with E-state index in [9.17, 15) is 0 Å². The van der Waals surface area contributed by atoms with Gasteiger partial charge in [-0.15, -0.1) is 0 Å². The Balaban J connectivity index is 2.33. The van der Waals surface area contributed by atoms with Gasteiger partial charge in [0.05, 0.1) is 19.3 Å². The van der Waals surface area contributed by atoms with E-state index in [-0.39, 0.29) is 5.41 Å². The number of rotatable bonds is 8. The number of hydrogen-bond acceptors (Lipinski definition) is 5. The number of likely N-dealkylation sites (N-methyl/N-ethyl adjacent to an activating group) is 1. The second-order valence-corrected chi connectivity index (χ2v) is 6.52. The van der Waals surface area contributed by atoms with Crippen LogP contribution in [-0.4, -0.2) is 63.3 Å². The first-order valence-electron chi connectivity index (χ1n) is 7.94. The van der Waals surface area contributed by atoms with Crippen molar-refractivity contribution in [1.29, 1.82) is 0 Å². The number of ether oxygens (including phenoxy) is 1. The van der Waals surface area contributed by atoms with Gasteiger partial charge in [-0.05, 0) is 7.05 Å². The molecule has 0 saturated heterocycles. The third-order valence-electron chi connectivity index (χ3n) is 3.39. The zero-order valence-electron chi connectivity index (χ0n) is 15.3. The van der Waals surface area contributed by atoms with Crippen LogP contribution < -0.4 is 10.6 Å². The van der Waals surface area contributed by atoms with Gasteiger partial charge >= 0.3 is 0 Å². The SMILES string of the molecule is CN=C(NCCN(C)CCOC)NCc1ncc(C(C)(C)C)o1. The third-order valence-corrected chi connectivity index (χ3v) is 3.39. The van der Waals surface area contributed by atoms with Crippen molar-refractivity contribution in [2.45, 2.75) is 32.7 Å². The van der Waals surface area contributed by atoms with Crippen LogP contribution in [0.2, 0.25) is 0 Å². The lowest BCUT2D eigenvalue weighted by molar-refractivity contribution is 0.162. The highest BCUT2D eigenvalue weighted by molar-refractivity contribution is 5.79. The Morgan fingerprint density at radius 2 is 2.09 bits per heavy atom. The second kappa shape index (κ2) is 9.52. The molecular formula is C16H31N5O2. The first-order chi connectivity index (χ1) is 10.9. The maximum absolute atomic E-state index is 5.75. The molecule has 0 atom stereocenters. The van der Waals surface area contributed by atoms with E-state index < -0.39 is 0 Å². The Hall–Kier alpha value is -1.60. The van der Waals surface area contributed by atoms with Crippen LogP contribution in [0.15, 0.2) is 15.6 Å². The van der Waals surface area contributed by atoms with Gasteiger partial charge in [-0.25, -0.2) is 4.98 Å². The van der Waals surface area contributed by atoms with Crippen molar-refractivity contribution < 1.29 is 9.15 Å². The fraction of sp³-hybridized carbons (Fsp3) is 0.750. The molecule has 7 nitrogen and oxygen atoms in total. The zero-order chi connectivity index (χ0) is 17.3. The predicted molar refractivity (Wildman–Crippen MR) is 92.8 cm³/mol. The lowest BCUT2D eigenvalue weighted by Gasteiger charge is -2.17. The molecule has 2 N–H and O–H groups in total. The summed E-state index contributed by atoms with van der Waals surface area (Å²) in [6, 6.07) is 0. The van der Waals surface area contributed by atoms with E-state index in [1.54, 1.807) is 20.4 Å². The fourth-order valence-corrected chi connectivity index (χ4v) is 1.84. The standard InChI is InChI=1S/C16H31N5O2/c1-16(2,3)13-11-19-14(23-13)12-20-15(17-4)18-7-8-21(5)9-10-22-6/h11H,7-10,12H2,1-6H3,(H2,17,18,20). The molecule has 1 heterocycles. The van der Waals surface area contributed by atoms with E-state index in [2.05, 4.69) is 53.3 Å². The Morgan fingerprint density at radius 1 is 1.35 bits per heavy atom. The van der Waals surface area contributed by atoms with Crippen LogP contribution >= 0.6 is 0 Å². The molecular weight excluding hydrogens is 294 g/mol. The number of aromatic nitrogens is 1. The molecule has 7 heteroatoms. The van der Waals surface area contributed by atoms with E-state index in [0.717, 1.165) is 38.0 Å². The molecule has 0 fully saturated rings. The molecule has 0 bridgehead atoms. The summed E-state index contributed by atoms with van der Waals surface area (Å²) in [7, 11) is 5.53. The van der Waals surface area contributed by atoms with Gasteiger partial charge in [0, 0.05) is 39.2 Å². The summed E-state index contributed by atoms with van der Waals surface area (Å²) in [5.41, 5.74) is -0.0298. The van der Waals surface area contributed by atoms with Gasteiger partial charge in [-0.3, -0.25) is 4.99 Å². The Labute approximate surface area is 139 Å². The van der Waals surface area contributed by atoms with E-state index >= 15 is 0 Å². The molecule has 132 valence electrons. The summed E-state index contributed by atoms with van der Waals surface area (Å²) in [4.78, 5) is 10.7. The molecule has 0 aliphatic rings. The molecule has 0 aliphatic carbocycles. The van der Waals surface area contributed by atoms with Gasteiger partial charge in [-0.2, -0.15) is 0 Å². The Morgan fingerprint density at radius 3 is 2.65 bits per heavy atom. The summed E-state index contributed by atoms with van der Waals surface area (Å²) in [5.74, 6) is 2.28. The van der Waals surface area contributed by atoms with Crippen molar-refractivity contribution in [3.05, 3.63) is 17.8 Å². The van der Waals surface area contributed by atoms with Crippen molar-refractivity contribution in [3.8, 4) is 0 Å². The maximum atomic E-state index is 5.75. The quantitative estimate of drug-likeness (QED) is 0.553. The zero-order valence-corrected chi connectivity index (χ0v) is 15.3. The van der Waals surface area contributed by atoms with Crippen molar-refractivity contribution in [3.63, 3.8) is 0 Å². The topological polar surface area (TPSA) is 74.9 Å². The molecule has 0 unspecified atom stereocenters. The number of guanidine groups is 1. The Bertz CT molecular complexity index is 479. The average molecular weight is 325 g/mol. The Kier molecular flexibility index (Phi) is 8.05. The molecule has 0 amide bonds. The predicted octanol–water partition coefficient (Wildman–Crippen LogP) is 1.22. The average Bonchev–Trinajstić information content (AvgIpc) is 2.97. The lowest BCUT2D eigenvalue weighted by atomic mass is 9.94. The van der Waals surface area contributed by atoms with Crippen LogP contribution in [0.5, 0.6) is 0 Å². The van der Waals surface area contributed by atoms with Crippen LogP contribution in [0.3, 0.4) is 0 Å². The largest absolute Gasteiger partial charge is 0.443 e. The van der Waals surface area contributed by atoms with Crippen molar-refractivity contribution >= 4 is 5.96 Å². The molecule has 0 aliphatic heterocycles. The number of methoxy groups -OCH3 is 1. The van der Waals surface area contributed by atoms with Gasteiger partial charge in [0.1, 0.15) is 5.76 Å². The number of nitrogens with one attached hydrogen (secondary N) is 2. The second-order valence-electron chi connectivity index (χ2n) is 6.52. The van der Waals surface area contributed by atoms with E-state index in [1.165, 1.54) is 0 Å². The molecule has 0 aromatic carbocycles. The van der Waals surface area contributed by atoms with Crippen LogP contribution in [0, 0.1) is 0 Å². The summed E-state index contributed by atoms with van der Waals surface area (Å²) in [5, 5.41) is 6.48. The molecule has 1 aromatic heterocycles. The van der Waals surface area contributed by atoms with Crippen molar-refractivity contribution in [2.75, 3.05) is 47.4 Å². The van der Waals surface area contributed by atoms with Crippen LogP contribution in [0.25, 0.3) is 0 Å². The molecule has 1 aromatic rings. The van der Waals surface area contributed by atoms with Crippen molar-refractivity contribution in [2.24, 2.45) is 4.99 Å². The molecule has 23 heavy (non-hydrogen) atoms.